The van der Waals surface area contributed by atoms with Crippen LogP contribution in [0.4, 0.5) is 0 Å². The second-order valence-corrected chi connectivity index (χ2v) is 4.30. The van der Waals surface area contributed by atoms with Gasteiger partial charge in [0.05, 0.1) is 12.2 Å². The second-order valence-electron chi connectivity index (χ2n) is 3.45. The van der Waals surface area contributed by atoms with E-state index in [0.29, 0.717) is 18.7 Å². The predicted octanol–water partition coefficient (Wildman–Crippen LogP) is 2.27. The fourth-order valence-electron chi connectivity index (χ4n) is 1.65. The van der Waals surface area contributed by atoms with Crippen LogP contribution in [0.25, 0.3) is 0 Å². The summed E-state index contributed by atoms with van der Waals surface area (Å²) in [6.07, 6.45) is -0.121. The fourth-order valence-corrected chi connectivity index (χ4v) is 2.10. The quantitative estimate of drug-likeness (QED) is 0.783. The predicted molar refractivity (Wildman–Crippen MR) is 60.6 cm³/mol. The Labute approximate surface area is 97.2 Å². The summed E-state index contributed by atoms with van der Waals surface area (Å²) in [4.78, 5) is 13.8. The molecule has 3 nitrogen and oxygen atoms in total. The summed E-state index contributed by atoms with van der Waals surface area (Å²) >= 11 is 3.38. The normalized spacial score (nSPS) is 20.7. The third-order valence-electron chi connectivity index (χ3n) is 2.50. The Morgan fingerprint density at radius 1 is 1.53 bits per heavy atom. The topological polar surface area (TPSA) is 29.5 Å². The molecule has 1 fully saturated rings. The molecule has 80 valence electrons. The van der Waals surface area contributed by atoms with Gasteiger partial charge in [-0.2, -0.15) is 0 Å². The lowest BCUT2D eigenvalue weighted by Crippen LogP contribution is -2.34. The summed E-state index contributed by atoms with van der Waals surface area (Å²) in [6, 6.07) is 7.44. The molecule has 0 N–H and O–H groups in total. The highest BCUT2D eigenvalue weighted by atomic mass is 79.9. The maximum absolute atomic E-state index is 12.1. The van der Waals surface area contributed by atoms with E-state index in [-0.39, 0.29) is 12.1 Å². The SMILES string of the molecule is CC1OCCN1C(=O)c1ccccc1Br. The minimum Gasteiger partial charge on any atom is -0.357 e. The molecule has 4 heteroatoms. The van der Waals surface area contributed by atoms with Crippen LogP contribution in [0.5, 0.6) is 0 Å². The van der Waals surface area contributed by atoms with Gasteiger partial charge in [-0.3, -0.25) is 4.79 Å². The van der Waals surface area contributed by atoms with E-state index in [1.807, 2.05) is 31.2 Å². The smallest absolute Gasteiger partial charge is 0.257 e. The molecule has 0 radical (unpaired) electrons. The first-order chi connectivity index (χ1) is 7.20. The molecule has 0 bridgehead atoms. The summed E-state index contributed by atoms with van der Waals surface area (Å²) in [5.41, 5.74) is 0.690. The van der Waals surface area contributed by atoms with Crippen molar-refractivity contribution < 1.29 is 9.53 Å². The number of hydrogen-bond donors (Lipinski definition) is 0. The average Bonchev–Trinajstić information content (AvgIpc) is 2.64. The van der Waals surface area contributed by atoms with Gasteiger partial charge in [-0.05, 0) is 35.0 Å². The van der Waals surface area contributed by atoms with Gasteiger partial charge in [0.2, 0.25) is 0 Å². The maximum atomic E-state index is 12.1. The highest BCUT2D eigenvalue weighted by Gasteiger charge is 2.27. The van der Waals surface area contributed by atoms with Crippen molar-refractivity contribution in [3.63, 3.8) is 0 Å². The van der Waals surface area contributed by atoms with Crippen molar-refractivity contribution in [1.82, 2.24) is 4.90 Å². The molecule has 15 heavy (non-hydrogen) atoms. The third-order valence-corrected chi connectivity index (χ3v) is 3.19. The zero-order valence-electron chi connectivity index (χ0n) is 8.44. The van der Waals surface area contributed by atoms with Crippen molar-refractivity contribution in [1.29, 1.82) is 0 Å². The van der Waals surface area contributed by atoms with Gasteiger partial charge >= 0.3 is 0 Å². The first-order valence-corrected chi connectivity index (χ1v) is 5.66. The van der Waals surface area contributed by atoms with Crippen LogP contribution in [0.1, 0.15) is 17.3 Å². The van der Waals surface area contributed by atoms with Crippen LogP contribution in [-0.2, 0) is 4.74 Å². The number of carbonyl (C=O) groups excluding carboxylic acids is 1. The summed E-state index contributed by atoms with van der Waals surface area (Å²) in [5.74, 6) is 0.0208. The monoisotopic (exact) mass is 269 g/mol. The molecule has 1 aliphatic heterocycles. The summed E-state index contributed by atoms with van der Waals surface area (Å²) < 4.78 is 6.17. The Morgan fingerprint density at radius 2 is 2.27 bits per heavy atom. The molecule has 1 atom stereocenters. The molecule has 1 unspecified atom stereocenters. The van der Waals surface area contributed by atoms with Crippen LogP contribution >= 0.6 is 15.9 Å². The van der Waals surface area contributed by atoms with Gasteiger partial charge in [-0.1, -0.05) is 12.1 Å². The van der Waals surface area contributed by atoms with Crippen LogP contribution in [-0.4, -0.2) is 30.2 Å². The molecule has 2 rings (SSSR count). The van der Waals surface area contributed by atoms with E-state index in [1.54, 1.807) is 4.90 Å². The maximum Gasteiger partial charge on any atom is 0.257 e. The van der Waals surface area contributed by atoms with Crippen LogP contribution in [0, 0.1) is 0 Å². The third kappa shape index (κ3) is 2.06. The van der Waals surface area contributed by atoms with Gasteiger partial charge < -0.3 is 9.64 Å². The van der Waals surface area contributed by atoms with E-state index in [2.05, 4.69) is 15.9 Å². The number of carbonyl (C=O) groups is 1. The van der Waals surface area contributed by atoms with Crippen LogP contribution in [0.3, 0.4) is 0 Å². The van der Waals surface area contributed by atoms with Crippen LogP contribution in [0.2, 0.25) is 0 Å². The number of rotatable bonds is 1. The summed E-state index contributed by atoms with van der Waals surface area (Å²) in [7, 11) is 0. The number of hydrogen-bond acceptors (Lipinski definition) is 2. The van der Waals surface area contributed by atoms with E-state index < -0.39 is 0 Å². The van der Waals surface area contributed by atoms with Gasteiger partial charge in [0.1, 0.15) is 6.23 Å². The van der Waals surface area contributed by atoms with E-state index >= 15 is 0 Å². The van der Waals surface area contributed by atoms with Crippen LogP contribution < -0.4 is 0 Å². The molecule has 1 saturated heterocycles. The van der Waals surface area contributed by atoms with E-state index in [1.165, 1.54) is 0 Å². The number of halogens is 1. The highest BCUT2D eigenvalue weighted by molar-refractivity contribution is 9.10. The van der Waals surface area contributed by atoms with Crippen molar-refractivity contribution in [2.75, 3.05) is 13.2 Å². The number of benzene rings is 1. The Bertz CT molecular complexity index is 381. The molecular weight excluding hydrogens is 258 g/mol. The lowest BCUT2D eigenvalue weighted by molar-refractivity contribution is 0.0377. The number of nitrogens with zero attached hydrogens (tertiary/aromatic N) is 1. The van der Waals surface area contributed by atoms with E-state index in [0.717, 1.165) is 4.47 Å². The first kappa shape index (κ1) is 10.6. The Kier molecular flexibility index (Phi) is 3.07. The van der Waals surface area contributed by atoms with Crippen molar-refractivity contribution in [3.05, 3.63) is 34.3 Å². The molecule has 0 spiro atoms. The Balaban J connectivity index is 2.24. The molecule has 0 saturated carbocycles. The minimum absolute atomic E-state index is 0.0208. The van der Waals surface area contributed by atoms with E-state index in [4.69, 9.17) is 4.74 Å². The zero-order valence-corrected chi connectivity index (χ0v) is 10.0. The van der Waals surface area contributed by atoms with Gasteiger partial charge in [0.25, 0.3) is 5.91 Å². The molecule has 1 heterocycles. The van der Waals surface area contributed by atoms with Gasteiger partial charge in [-0.25, -0.2) is 0 Å². The largest absolute Gasteiger partial charge is 0.357 e. The molecule has 1 aliphatic rings. The second kappa shape index (κ2) is 4.33. The molecule has 1 aromatic rings. The lowest BCUT2D eigenvalue weighted by Gasteiger charge is -2.20. The molecule has 1 aromatic carbocycles. The summed E-state index contributed by atoms with van der Waals surface area (Å²) in [6.45, 7) is 3.18. The molecule has 0 aromatic heterocycles. The van der Waals surface area contributed by atoms with Gasteiger partial charge in [0.15, 0.2) is 0 Å². The van der Waals surface area contributed by atoms with Crippen molar-refractivity contribution in [2.45, 2.75) is 13.2 Å². The lowest BCUT2D eigenvalue weighted by atomic mass is 10.2. The standard InChI is InChI=1S/C11H12BrNO2/c1-8-13(6-7-15-8)11(14)9-4-2-3-5-10(9)12/h2-5,8H,6-7H2,1H3. The molecule has 0 aliphatic carbocycles. The van der Waals surface area contributed by atoms with Crippen molar-refractivity contribution in [2.24, 2.45) is 0 Å². The molecule has 1 amide bonds. The Morgan fingerprint density at radius 3 is 2.87 bits per heavy atom. The first-order valence-electron chi connectivity index (χ1n) is 4.87. The van der Waals surface area contributed by atoms with Crippen LogP contribution in [0.15, 0.2) is 28.7 Å². The van der Waals surface area contributed by atoms with E-state index in [9.17, 15) is 4.79 Å². The minimum atomic E-state index is -0.121. The number of ether oxygens (including phenoxy) is 1. The summed E-state index contributed by atoms with van der Waals surface area (Å²) in [5, 5.41) is 0. The zero-order chi connectivity index (χ0) is 10.8. The van der Waals surface area contributed by atoms with Crippen molar-refractivity contribution in [3.8, 4) is 0 Å². The number of amides is 1. The fraction of sp³-hybridized carbons (Fsp3) is 0.364. The average molecular weight is 270 g/mol. The van der Waals surface area contributed by atoms with Gasteiger partial charge in [-0.15, -0.1) is 0 Å². The van der Waals surface area contributed by atoms with Crippen molar-refractivity contribution >= 4 is 21.8 Å². The van der Waals surface area contributed by atoms with Gasteiger partial charge in [0, 0.05) is 11.0 Å². The highest BCUT2D eigenvalue weighted by Crippen LogP contribution is 2.20. The molecular formula is C11H12BrNO2. The Hall–Kier alpha value is -0.870.